The van der Waals surface area contributed by atoms with Crippen molar-refractivity contribution in [2.24, 2.45) is 0 Å². The molecule has 0 radical (unpaired) electrons. The van der Waals surface area contributed by atoms with E-state index < -0.39 is 6.10 Å². The number of carbonyl (C=O) groups excluding carboxylic acids is 1. The summed E-state index contributed by atoms with van der Waals surface area (Å²) in [5.41, 5.74) is 0. The normalized spacial score (nSPS) is 18.4. The maximum Gasteiger partial charge on any atom is 0.323 e. The Morgan fingerprint density at radius 1 is 1.54 bits per heavy atom. The first-order chi connectivity index (χ1) is 11.7. The van der Waals surface area contributed by atoms with Crippen LogP contribution in [0.4, 0.5) is 10.6 Å². The van der Waals surface area contributed by atoms with E-state index >= 15 is 0 Å². The van der Waals surface area contributed by atoms with Crippen LogP contribution in [-0.4, -0.2) is 40.7 Å². The Hall–Kier alpha value is -2.54. The van der Waals surface area contributed by atoms with Crippen molar-refractivity contribution in [1.29, 1.82) is 0 Å². The predicted octanol–water partition coefficient (Wildman–Crippen LogP) is 2.80. The monoisotopic (exact) mass is 331 g/mol. The molecule has 1 aliphatic heterocycles. The molecule has 1 aliphatic rings. The molecule has 1 saturated heterocycles. The molecule has 0 saturated carbocycles. The first-order valence-corrected chi connectivity index (χ1v) is 7.97. The van der Waals surface area contributed by atoms with Crippen LogP contribution in [0.25, 0.3) is 0 Å². The molecule has 2 N–H and O–H groups in total. The Morgan fingerprint density at radius 2 is 2.42 bits per heavy atom. The number of methoxy groups -OCH3 is 1. The molecule has 0 aliphatic carbocycles. The lowest BCUT2D eigenvalue weighted by atomic mass is 10.1. The van der Waals surface area contributed by atoms with Crippen LogP contribution in [0.1, 0.15) is 31.1 Å². The zero-order valence-corrected chi connectivity index (χ0v) is 13.5. The number of furan rings is 1. The lowest BCUT2D eigenvalue weighted by Gasteiger charge is -2.26. The lowest BCUT2D eigenvalue weighted by molar-refractivity contribution is 0.110. The predicted molar refractivity (Wildman–Crippen MR) is 87.8 cm³/mol. The van der Waals surface area contributed by atoms with Gasteiger partial charge in [0.25, 0.3) is 0 Å². The van der Waals surface area contributed by atoms with Crippen LogP contribution < -0.4 is 10.1 Å². The molecule has 128 valence electrons. The molecule has 0 bridgehead atoms. The average Bonchev–Trinajstić information content (AvgIpc) is 3.27. The molecule has 0 aromatic carbocycles. The van der Waals surface area contributed by atoms with E-state index in [0.29, 0.717) is 30.3 Å². The van der Waals surface area contributed by atoms with Gasteiger partial charge in [-0.3, -0.25) is 5.32 Å². The highest BCUT2D eigenvalue weighted by molar-refractivity contribution is 5.90. The molecule has 7 nitrogen and oxygen atoms in total. The zero-order valence-electron chi connectivity index (χ0n) is 13.5. The number of likely N-dealkylation sites (tertiary alicyclic amines) is 1. The van der Waals surface area contributed by atoms with Crippen molar-refractivity contribution >= 4 is 11.8 Å². The molecule has 24 heavy (non-hydrogen) atoms. The molecule has 1 fully saturated rings. The van der Waals surface area contributed by atoms with Crippen molar-refractivity contribution in [1.82, 2.24) is 9.88 Å². The third-order valence-corrected chi connectivity index (χ3v) is 4.22. The summed E-state index contributed by atoms with van der Waals surface area (Å²) in [5.74, 6) is 1.42. The number of nitrogens with one attached hydrogen (secondary N) is 1. The first kappa shape index (κ1) is 16.3. The van der Waals surface area contributed by atoms with Gasteiger partial charge >= 0.3 is 6.03 Å². The number of hydrogen-bond acceptors (Lipinski definition) is 5. The van der Waals surface area contributed by atoms with Gasteiger partial charge in [0, 0.05) is 25.2 Å². The van der Waals surface area contributed by atoms with Crippen molar-refractivity contribution < 1.29 is 19.1 Å². The van der Waals surface area contributed by atoms with Gasteiger partial charge in [0.1, 0.15) is 11.9 Å². The van der Waals surface area contributed by atoms with Crippen LogP contribution in [-0.2, 0) is 0 Å². The minimum absolute atomic E-state index is 0.0418. The number of aromatic nitrogens is 1. The van der Waals surface area contributed by atoms with Crippen LogP contribution >= 0.6 is 0 Å². The van der Waals surface area contributed by atoms with Gasteiger partial charge in [-0.05, 0) is 37.1 Å². The van der Waals surface area contributed by atoms with Gasteiger partial charge in [0.2, 0.25) is 0 Å². The number of carbonyl (C=O) groups is 1. The van der Waals surface area contributed by atoms with Crippen molar-refractivity contribution in [3.63, 3.8) is 0 Å². The van der Waals surface area contributed by atoms with Crippen molar-refractivity contribution in [2.75, 3.05) is 19.0 Å². The molecule has 2 atom stereocenters. The van der Waals surface area contributed by atoms with Crippen molar-refractivity contribution in [3.8, 4) is 5.75 Å². The summed E-state index contributed by atoms with van der Waals surface area (Å²) >= 11 is 0. The molecular formula is C17H21N3O4. The molecule has 2 aromatic heterocycles. The zero-order chi connectivity index (χ0) is 16.9. The number of aliphatic hydroxyl groups excluding tert-OH is 1. The molecule has 0 unspecified atom stereocenters. The lowest BCUT2D eigenvalue weighted by Crippen LogP contribution is -2.39. The molecular weight excluding hydrogens is 310 g/mol. The minimum Gasteiger partial charge on any atom is -0.493 e. The fourth-order valence-electron chi connectivity index (χ4n) is 3.03. The van der Waals surface area contributed by atoms with Gasteiger partial charge in [-0.25, -0.2) is 9.78 Å². The maximum atomic E-state index is 12.6. The number of aliphatic hydroxyl groups is 1. The average molecular weight is 331 g/mol. The largest absolute Gasteiger partial charge is 0.493 e. The quantitative estimate of drug-likeness (QED) is 0.879. The molecule has 3 heterocycles. The molecule has 0 spiro atoms. The van der Waals surface area contributed by atoms with E-state index in [1.165, 1.54) is 13.4 Å². The highest BCUT2D eigenvalue weighted by atomic mass is 16.5. The Balaban J connectivity index is 1.65. The van der Waals surface area contributed by atoms with E-state index in [9.17, 15) is 9.90 Å². The Morgan fingerprint density at radius 3 is 3.17 bits per heavy atom. The SMILES string of the molecule is COc1cccnc1NC(=O)N1CCC[C@@H]1C[C@H](O)c1ccco1. The summed E-state index contributed by atoms with van der Waals surface area (Å²) in [7, 11) is 1.53. The summed E-state index contributed by atoms with van der Waals surface area (Å²) in [4.78, 5) is 18.5. The van der Waals surface area contributed by atoms with Crippen LogP contribution in [0.5, 0.6) is 5.75 Å². The third-order valence-electron chi connectivity index (χ3n) is 4.22. The topological polar surface area (TPSA) is 87.8 Å². The Kier molecular flexibility index (Phi) is 5.00. The number of amides is 2. The van der Waals surface area contributed by atoms with Gasteiger partial charge in [0.05, 0.1) is 13.4 Å². The van der Waals surface area contributed by atoms with Crippen LogP contribution in [0.2, 0.25) is 0 Å². The van der Waals surface area contributed by atoms with E-state index in [2.05, 4.69) is 10.3 Å². The number of nitrogens with zero attached hydrogens (tertiary/aromatic N) is 2. The Labute approximate surface area is 140 Å². The Bertz CT molecular complexity index is 674. The summed E-state index contributed by atoms with van der Waals surface area (Å²) in [5, 5.41) is 13.0. The highest BCUT2D eigenvalue weighted by Gasteiger charge is 2.31. The van der Waals surface area contributed by atoms with Crippen molar-refractivity contribution in [3.05, 3.63) is 42.5 Å². The highest BCUT2D eigenvalue weighted by Crippen LogP contribution is 2.29. The van der Waals surface area contributed by atoms with E-state index in [1.54, 1.807) is 35.4 Å². The van der Waals surface area contributed by atoms with Crippen molar-refractivity contribution in [2.45, 2.75) is 31.4 Å². The summed E-state index contributed by atoms with van der Waals surface area (Å²) in [6.07, 6.45) is 4.61. The van der Waals surface area contributed by atoms with E-state index in [0.717, 1.165) is 12.8 Å². The molecule has 7 heteroatoms. The van der Waals surface area contributed by atoms with E-state index in [4.69, 9.17) is 9.15 Å². The van der Waals surface area contributed by atoms with Gasteiger partial charge in [-0.1, -0.05) is 0 Å². The standard InChI is InChI=1S/C17H21N3O4/c1-23-15-6-2-8-18-16(15)19-17(22)20-9-3-5-12(20)11-13(21)14-7-4-10-24-14/h2,4,6-8,10,12-13,21H,3,5,9,11H2,1H3,(H,18,19,22)/t12-,13+/m1/s1. The third kappa shape index (κ3) is 3.51. The fraction of sp³-hybridized carbons (Fsp3) is 0.412. The number of hydrogen-bond donors (Lipinski definition) is 2. The summed E-state index contributed by atoms with van der Waals surface area (Å²) < 4.78 is 10.4. The van der Waals surface area contributed by atoms with Gasteiger partial charge in [-0.15, -0.1) is 0 Å². The number of anilines is 1. The number of urea groups is 1. The number of ether oxygens (including phenoxy) is 1. The van der Waals surface area contributed by atoms with E-state index in [-0.39, 0.29) is 12.1 Å². The van der Waals surface area contributed by atoms with Crippen LogP contribution in [0.3, 0.4) is 0 Å². The van der Waals surface area contributed by atoms with Gasteiger partial charge in [-0.2, -0.15) is 0 Å². The second kappa shape index (κ2) is 7.35. The maximum absolute atomic E-state index is 12.6. The second-order valence-corrected chi connectivity index (χ2v) is 5.74. The van der Waals surface area contributed by atoms with Gasteiger partial charge in [0.15, 0.2) is 11.6 Å². The summed E-state index contributed by atoms with van der Waals surface area (Å²) in [6.45, 7) is 0.649. The molecule has 3 rings (SSSR count). The van der Waals surface area contributed by atoms with Crippen LogP contribution in [0, 0.1) is 0 Å². The molecule has 2 aromatic rings. The molecule has 2 amide bonds. The smallest absolute Gasteiger partial charge is 0.323 e. The minimum atomic E-state index is -0.720. The summed E-state index contributed by atoms with van der Waals surface area (Å²) in [6, 6.07) is 6.69. The first-order valence-electron chi connectivity index (χ1n) is 7.97. The number of rotatable bonds is 5. The van der Waals surface area contributed by atoms with E-state index in [1.807, 2.05) is 0 Å². The fourth-order valence-corrected chi connectivity index (χ4v) is 3.03. The van der Waals surface area contributed by atoms with Crippen LogP contribution in [0.15, 0.2) is 41.1 Å². The second-order valence-electron chi connectivity index (χ2n) is 5.74. The van der Waals surface area contributed by atoms with Gasteiger partial charge < -0.3 is 19.2 Å². The number of pyridine rings is 1.